The second kappa shape index (κ2) is 3.65. The summed E-state index contributed by atoms with van der Waals surface area (Å²) in [5.41, 5.74) is 11.7. The van der Waals surface area contributed by atoms with Crippen LogP contribution in [0.15, 0.2) is 17.7 Å². The fraction of sp³-hybridized carbons (Fsp3) is 0.333. The molecule has 70 valence electrons. The first-order valence-corrected chi connectivity index (χ1v) is 4.53. The summed E-state index contributed by atoms with van der Waals surface area (Å²) in [7, 11) is 0. The molecule has 1 heteroatoms. The SMILES string of the molecule is CC(C)=Cc1ccc(C)c(C)c1N. The van der Waals surface area contributed by atoms with E-state index in [4.69, 9.17) is 5.73 Å². The van der Waals surface area contributed by atoms with Gasteiger partial charge in [-0.2, -0.15) is 0 Å². The summed E-state index contributed by atoms with van der Waals surface area (Å²) >= 11 is 0. The molecule has 0 unspecified atom stereocenters. The molecule has 0 heterocycles. The molecule has 0 saturated heterocycles. The van der Waals surface area contributed by atoms with Crippen molar-refractivity contribution in [2.24, 2.45) is 0 Å². The fourth-order valence-electron chi connectivity index (χ4n) is 1.30. The van der Waals surface area contributed by atoms with E-state index in [-0.39, 0.29) is 0 Å². The predicted molar refractivity (Wildman–Crippen MR) is 59.7 cm³/mol. The number of hydrogen-bond acceptors (Lipinski definition) is 1. The molecule has 0 aromatic heterocycles. The van der Waals surface area contributed by atoms with Crippen LogP contribution in [0.3, 0.4) is 0 Å². The van der Waals surface area contributed by atoms with Crippen LogP contribution in [0, 0.1) is 13.8 Å². The summed E-state index contributed by atoms with van der Waals surface area (Å²) in [4.78, 5) is 0. The molecular formula is C12H17N. The third-order valence-corrected chi connectivity index (χ3v) is 2.26. The summed E-state index contributed by atoms with van der Waals surface area (Å²) < 4.78 is 0. The van der Waals surface area contributed by atoms with E-state index in [0.29, 0.717) is 0 Å². The molecule has 0 radical (unpaired) electrons. The molecule has 1 aromatic rings. The van der Waals surface area contributed by atoms with E-state index in [1.54, 1.807) is 0 Å². The molecule has 0 aliphatic rings. The van der Waals surface area contributed by atoms with Gasteiger partial charge in [0.05, 0.1) is 0 Å². The van der Waals surface area contributed by atoms with Gasteiger partial charge in [-0.1, -0.05) is 23.8 Å². The minimum absolute atomic E-state index is 0.904. The highest BCUT2D eigenvalue weighted by Crippen LogP contribution is 2.22. The van der Waals surface area contributed by atoms with Gasteiger partial charge in [-0.25, -0.2) is 0 Å². The van der Waals surface area contributed by atoms with Gasteiger partial charge >= 0.3 is 0 Å². The third-order valence-electron chi connectivity index (χ3n) is 2.26. The fourth-order valence-corrected chi connectivity index (χ4v) is 1.30. The molecule has 0 amide bonds. The van der Waals surface area contributed by atoms with Gasteiger partial charge in [0.1, 0.15) is 0 Å². The Labute approximate surface area is 80.3 Å². The quantitative estimate of drug-likeness (QED) is 0.651. The molecule has 1 aromatic carbocycles. The third kappa shape index (κ3) is 2.11. The van der Waals surface area contributed by atoms with Gasteiger partial charge in [-0.15, -0.1) is 0 Å². The van der Waals surface area contributed by atoms with Crippen LogP contribution in [0.1, 0.15) is 30.5 Å². The molecule has 0 bridgehead atoms. The topological polar surface area (TPSA) is 26.0 Å². The van der Waals surface area contributed by atoms with E-state index >= 15 is 0 Å². The zero-order valence-electron chi connectivity index (χ0n) is 8.81. The zero-order valence-corrected chi connectivity index (χ0v) is 8.81. The molecule has 0 aliphatic carbocycles. The number of benzene rings is 1. The standard InChI is InChI=1S/C12H17N/c1-8(2)7-11-6-5-9(3)10(4)12(11)13/h5-7H,13H2,1-4H3. The molecule has 2 N–H and O–H groups in total. The number of aryl methyl sites for hydroxylation is 1. The van der Waals surface area contributed by atoms with Crippen LogP contribution in [0.2, 0.25) is 0 Å². The number of nitrogen functional groups attached to an aromatic ring is 1. The van der Waals surface area contributed by atoms with Crippen LogP contribution in [0.25, 0.3) is 6.08 Å². The summed E-state index contributed by atoms with van der Waals surface area (Å²) in [6, 6.07) is 4.19. The Morgan fingerprint density at radius 1 is 1.23 bits per heavy atom. The molecule has 0 saturated carbocycles. The van der Waals surface area contributed by atoms with Crippen LogP contribution in [0.5, 0.6) is 0 Å². The number of anilines is 1. The van der Waals surface area contributed by atoms with E-state index in [0.717, 1.165) is 11.3 Å². The zero-order chi connectivity index (χ0) is 10.0. The maximum absolute atomic E-state index is 5.99. The van der Waals surface area contributed by atoms with Gasteiger partial charge in [0.2, 0.25) is 0 Å². The Hall–Kier alpha value is -1.24. The lowest BCUT2D eigenvalue weighted by atomic mass is 10.0. The minimum atomic E-state index is 0.904. The highest BCUT2D eigenvalue weighted by atomic mass is 14.6. The second-order valence-corrected chi connectivity index (χ2v) is 3.73. The first-order chi connectivity index (χ1) is 6.02. The monoisotopic (exact) mass is 175 g/mol. The van der Waals surface area contributed by atoms with Crippen LogP contribution < -0.4 is 5.73 Å². The van der Waals surface area contributed by atoms with E-state index in [2.05, 4.69) is 45.9 Å². The Morgan fingerprint density at radius 2 is 1.85 bits per heavy atom. The van der Waals surface area contributed by atoms with Crippen molar-refractivity contribution in [1.82, 2.24) is 0 Å². The lowest BCUT2D eigenvalue weighted by Crippen LogP contribution is -1.95. The normalized spacial score (nSPS) is 9.85. The van der Waals surface area contributed by atoms with Crippen molar-refractivity contribution in [3.8, 4) is 0 Å². The van der Waals surface area contributed by atoms with Crippen molar-refractivity contribution in [2.45, 2.75) is 27.7 Å². The maximum atomic E-state index is 5.99. The van der Waals surface area contributed by atoms with Crippen molar-refractivity contribution in [3.63, 3.8) is 0 Å². The molecule has 0 spiro atoms. The van der Waals surface area contributed by atoms with Crippen LogP contribution >= 0.6 is 0 Å². The summed E-state index contributed by atoms with van der Waals surface area (Å²) in [6.07, 6.45) is 2.11. The van der Waals surface area contributed by atoms with Crippen molar-refractivity contribution in [1.29, 1.82) is 0 Å². The summed E-state index contributed by atoms with van der Waals surface area (Å²) in [5.74, 6) is 0. The van der Waals surface area contributed by atoms with Gasteiger partial charge in [0.25, 0.3) is 0 Å². The van der Waals surface area contributed by atoms with Crippen LogP contribution in [-0.4, -0.2) is 0 Å². The Balaban J connectivity index is 3.26. The number of hydrogen-bond donors (Lipinski definition) is 1. The average Bonchev–Trinajstić information content (AvgIpc) is 2.06. The van der Waals surface area contributed by atoms with E-state index in [1.807, 2.05) is 0 Å². The second-order valence-electron chi connectivity index (χ2n) is 3.73. The molecule has 1 rings (SSSR count). The molecule has 0 aliphatic heterocycles. The maximum Gasteiger partial charge on any atom is 0.0420 e. The highest BCUT2D eigenvalue weighted by molar-refractivity contribution is 5.69. The molecule has 13 heavy (non-hydrogen) atoms. The van der Waals surface area contributed by atoms with Crippen LogP contribution in [0.4, 0.5) is 5.69 Å². The Kier molecular flexibility index (Phi) is 2.76. The van der Waals surface area contributed by atoms with E-state index < -0.39 is 0 Å². The van der Waals surface area contributed by atoms with Gasteiger partial charge < -0.3 is 5.73 Å². The first kappa shape index (κ1) is 9.85. The number of nitrogens with two attached hydrogens (primary N) is 1. The largest absolute Gasteiger partial charge is 0.398 e. The predicted octanol–water partition coefficient (Wildman–Crippen LogP) is 3.31. The summed E-state index contributed by atoms with van der Waals surface area (Å²) in [6.45, 7) is 8.30. The van der Waals surface area contributed by atoms with Gasteiger partial charge in [0, 0.05) is 5.69 Å². The molecule has 0 fully saturated rings. The summed E-state index contributed by atoms with van der Waals surface area (Å²) in [5, 5.41) is 0. The van der Waals surface area contributed by atoms with Crippen molar-refractivity contribution >= 4 is 11.8 Å². The minimum Gasteiger partial charge on any atom is -0.398 e. The Morgan fingerprint density at radius 3 is 2.38 bits per heavy atom. The first-order valence-electron chi connectivity index (χ1n) is 4.53. The smallest absolute Gasteiger partial charge is 0.0420 e. The lowest BCUT2D eigenvalue weighted by molar-refractivity contribution is 1.33. The van der Waals surface area contributed by atoms with Gasteiger partial charge in [-0.3, -0.25) is 0 Å². The van der Waals surface area contributed by atoms with Gasteiger partial charge in [-0.05, 0) is 44.4 Å². The van der Waals surface area contributed by atoms with Crippen molar-refractivity contribution in [2.75, 3.05) is 5.73 Å². The Bertz CT molecular complexity index is 344. The van der Waals surface area contributed by atoms with Crippen molar-refractivity contribution < 1.29 is 0 Å². The van der Waals surface area contributed by atoms with E-state index in [9.17, 15) is 0 Å². The number of rotatable bonds is 1. The lowest BCUT2D eigenvalue weighted by Gasteiger charge is -2.07. The molecule has 0 atom stereocenters. The van der Waals surface area contributed by atoms with E-state index in [1.165, 1.54) is 16.7 Å². The molecule has 1 nitrogen and oxygen atoms in total. The van der Waals surface area contributed by atoms with Gasteiger partial charge in [0.15, 0.2) is 0 Å². The van der Waals surface area contributed by atoms with Crippen LogP contribution in [-0.2, 0) is 0 Å². The molecular weight excluding hydrogens is 158 g/mol. The average molecular weight is 175 g/mol. The number of allylic oxidation sites excluding steroid dienone is 1. The van der Waals surface area contributed by atoms with Crippen molar-refractivity contribution in [3.05, 3.63) is 34.4 Å². The highest BCUT2D eigenvalue weighted by Gasteiger charge is 2.01.